The summed E-state index contributed by atoms with van der Waals surface area (Å²) >= 11 is 0. The minimum atomic E-state index is 0.718. The molecule has 1 aliphatic heterocycles. The van der Waals surface area contributed by atoms with Crippen LogP contribution in [-0.4, -0.2) is 37.2 Å². The molecule has 0 aliphatic carbocycles. The Morgan fingerprint density at radius 2 is 1.89 bits per heavy atom. The molecule has 0 amide bonds. The molecule has 0 atom stereocenters. The van der Waals surface area contributed by atoms with Gasteiger partial charge in [-0.25, -0.2) is 0 Å². The second kappa shape index (κ2) is 7.51. The fourth-order valence-electron chi connectivity index (χ4n) is 2.36. The number of rotatable bonds is 8. The van der Waals surface area contributed by atoms with Gasteiger partial charge in [0.1, 0.15) is 5.75 Å². The number of hydrogen-bond acceptors (Lipinski definition) is 3. The van der Waals surface area contributed by atoms with Gasteiger partial charge in [-0.3, -0.25) is 4.90 Å². The Morgan fingerprint density at radius 3 is 2.42 bits per heavy atom. The molecule has 1 heterocycles. The first-order valence-electron chi connectivity index (χ1n) is 7.50. The van der Waals surface area contributed by atoms with Gasteiger partial charge < -0.3 is 10.1 Å². The molecule has 2 rings (SSSR count). The van der Waals surface area contributed by atoms with Crippen molar-refractivity contribution >= 4 is 0 Å². The van der Waals surface area contributed by atoms with Gasteiger partial charge in [0.15, 0.2) is 0 Å². The van der Waals surface area contributed by atoms with Crippen molar-refractivity contribution in [2.24, 2.45) is 0 Å². The van der Waals surface area contributed by atoms with Gasteiger partial charge in [0.05, 0.1) is 6.61 Å². The third kappa shape index (κ3) is 4.22. The van der Waals surface area contributed by atoms with Crippen LogP contribution in [0.5, 0.6) is 5.75 Å². The average molecular weight is 262 g/mol. The van der Waals surface area contributed by atoms with E-state index in [0.717, 1.165) is 44.5 Å². The van der Waals surface area contributed by atoms with Crippen molar-refractivity contribution in [3.8, 4) is 5.75 Å². The zero-order chi connectivity index (χ0) is 13.5. The van der Waals surface area contributed by atoms with Crippen molar-refractivity contribution in [3.05, 3.63) is 29.8 Å². The molecule has 1 saturated heterocycles. The third-order valence-corrected chi connectivity index (χ3v) is 3.57. The zero-order valence-corrected chi connectivity index (χ0v) is 12.2. The summed E-state index contributed by atoms with van der Waals surface area (Å²) in [7, 11) is 0. The van der Waals surface area contributed by atoms with Gasteiger partial charge in [0, 0.05) is 25.7 Å². The molecule has 0 unspecified atom stereocenters. The first kappa shape index (κ1) is 14.4. The van der Waals surface area contributed by atoms with Gasteiger partial charge in [0.25, 0.3) is 0 Å². The van der Waals surface area contributed by atoms with Gasteiger partial charge in [-0.15, -0.1) is 0 Å². The van der Waals surface area contributed by atoms with Crippen LogP contribution in [-0.2, 0) is 6.54 Å². The Bertz CT molecular complexity index is 360. The molecule has 19 heavy (non-hydrogen) atoms. The molecule has 0 saturated carbocycles. The molecule has 0 aromatic heterocycles. The van der Waals surface area contributed by atoms with Gasteiger partial charge in [-0.2, -0.15) is 0 Å². The van der Waals surface area contributed by atoms with Gasteiger partial charge >= 0.3 is 0 Å². The Morgan fingerprint density at radius 1 is 1.16 bits per heavy atom. The fourth-order valence-corrected chi connectivity index (χ4v) is 2.36. The number of nitrogens with one attached hydrogen (secondary N) is 1. The Kier molecular flexibility index (Phi) is 5.67. The molecule has 0 bridgehead atoms. The van der Waals surface area contributed by atoms with E-state index in [-0.39, 0.29) is 0 Å². The predicted molar refractivity (Wildman–Crippen MR) is 79.6 cm³/mol. The minimum Gasteiger partial charge on any atom is -0.494 e. The Labute approximate surface area is 116 Å². The molecular weight excluding hydrogens is 236 g/mol. The second-order valence-corrected chi connectivity index (χ2v) is 5.27. The largest absolute Gasteiger partial charge is 0.494 e. The molecule has 1 aromatic rings. The molecule has 3 nitrogen and oxygen atoms in total. The van der Waals surface area contributed by atoms with E-state index in [2.05, 4.69) is 48.3 Å². The van der Waals surface area contributed by atoms with Crippen LogP contribution in [0, 0.1) is 0 Å². The summed E-state index contributed by atoms with van der Waals surface area (Å²) in [6.07, 6.45) is 2.27. The summed E-state index contributed by atoms with van der Waals surface area (Å²) < 4.78 is 5.62. The lowest BCUT2D eigenvalue weighted by Crippen LogP contribution is -2.56. The number of benzene rings is 1. The molecular formula is C16H26N2O. The van der Waals surface area contributed by atoms with E-state index in [0.29, 0.717) is 0 Å². The summed E-state index contributed by atoms with van der Waals surface area (Å²) in [5, 5.41) is 3.36. The highest BCUT2D eigenvalue weighted by Crippen LogP contribution is 2.16. The maximum absolute atomic E-state index is 5.62. The molecule has 3 heteroatoms. The summed E-state index contributed by atoms with van der Waals surface area (Å²) in [6.45, 7) is 9.68. The molecule has 1 N–H and O–H groups in total. The van der Waals surface area contributed by atoms with Crippen LogP contribution < -0.4 is 10.1 Å². The maximum atomic E-state index is 5.62. The van der Waals surface area contributed by atoms with E-state index < -0.39 is 0 Å². The van der Waals surface area contributed by atoms with Crippen molar-refractivity contribution in [1.29, 1.82) is 0 Å². The smallest absolute Gasteiger partial charge is 0.119 e. The highest BCUT2D eigenvalue weighted by Gasteiger charge is 2.23. The Hall–Kier alpha value is -1.06. The van der Waals surface area contributed by atoms with Gasteiger partial charge in [-0.05, 0) is 37.1 Å². The summed E-state index contributed by atoms with van der Waals surface area (Å²) in [6, 6.07) is 9.29. The first-order valence-corrected chi connectivity index (χ1v) is 7.50. The van der Waals surface area contributed by atoms with E-state index in [1.54, 1.807) is 0 Å². The predicted octanol–water partition coefficient (Wildman–Crippen LogP) is 2.66. The molecule has 0 spiro atoms. The summed E-state index contributed by atoms with van der Waals surface area (Å²) in [5.41, 5.74) is 1.38. The normalized spacial score (nSPS) is 15.5. The molecule has 1 aliphatic rings. The molecule has 1 fully saturated rings. The molecule has 106 valence electrons. The third-order valence-electron chi connectivity index (χ3n) is 3.57. The fraction of sp³-hybridized carbons (Fsp3) is 0.625. The van der Waals surface area contributed by atoms with Crippen molar-refractivity contribution < 1.29 is 4.74 Å². The van der Waals surface area contributed by atoms with Crippen LogP contribution in [0.4, 0.5) is 0 Å². The van der Waals surface area contributed by atoms with Gasteiger partial charge in [-0.1, -0.05) is 26.0 Å². The highest BCUT2D eigenvalue weighted by atomic mass is 16.5. The van der Waals surface area contributed by atoms with Crippen molar-refractivity contribution in [3.63, 3.8) is 0 Å². The van der Waals surface area contributed by atoms with E-state index in [1.807, 2.05) is 0 Å². The molecule has 1 aromatic carbocycles. The van der Waals surface area contributed by atoms with Crippen molar-refractivity contribution in [2.75, 3.05) is 26.2 Å². The number of ether oxygens (including phenoxy) is 1. The quantitative estimate of drug-likeness (QED) is 0.779. The summed E-state index contributed by atoms with van der Waals surface area (Å²) in [4.78, 5) is 2.58. The van der Waals surface area contributed by atoms with Crippen molar-refractivity contribution in [1.82, 2.24) is 10.2 Å². The van der Waals surface area contributed by atoms with Crippen molar-refractivity contribution in [2.45, 2.75) is 39.3 Å². The number of nitrogens with zero attached hydrogens (tertiary/aromatic N) is 1. The van der Waals surface area contributed by atoms with Crippen LogP contribution in [0.3, 0.4) is 0 Å². The SMILES string of the molecule is CCCOc1ccc(CN(CCC)C2CNC2)cc1. The van der Waals surface area contributed by atoms with Crippen LogP contribution >= 0.6 is 0 Å². The van der Waals surface area contributed by atoms with E-state index in [4.69, 9.17) is 4.74 Å². The Balaban J connectivity index is 1.89. The summed E-state index contributed by atoms with van der Waals surface area (Å²) in [5.74, 6) is 0.984. The lowest BCUT2D eigenvalue weighted by atomic mass is 10.1. The topological polar surface area (TPSA) is 24.5 Å². The first-order chi connectivity index (χ1) is 9.33. The average Bonchev–Trinajstić information content (AvgIpc) is 2.36. The highest BCUT2D eigenvalue weighted by molar-refractivity contribution is 5.27. The van der Waals surface area contributed by atoms with Crippen LogP contribution in [0.15, 0.2) is 24.3 Å². The zero-order valence-electron chi connectivity index (χ0n) is 12.2. The standard InChI is InChI=1S/C16H26N2O/c1-3-9-18(15-11-17-12-15)13-14-5-7-16(8-6-14)19-10-4-2/h5-8,15,17H,3-4,9-13H2,1-2H3. The number of hydrogen-bond donors (Lipinski definition) is 1. The maximum Gasteiger partial charge on any atom is 0.119 e. The lowest BCUT2D eigenvalue weighted by molar-refractivity contribution is 0.138. The van der Waals surface area contributed by atoms with Crippen LogP contribution in [0.2, 0.25) is 0 Å². The lowest BCUT2D eigenvalue weighted by Gasteiger charge is -2.38. The van der Waals surface area contributed by atoms with E-state index in [9.17, 15) is 0 Å². The van der Waals surface area contributed by atoms with Crippen LogP contribution in [0.1, 0.15) is 32.3 Å². The molecule has 0 radical (unpaired) electrons. The van der Waals surface area contributed by atoms with E-state index in [1.165, 1.54) is 18.5 Å². The second-order valence-electron chi connectivity index (χ2n) is 5.27. The monoisotopic (exact) mass is 262 g/mol. The van der Waals surface area contributed by atoms with E-state index >= 15 is 0 Å². The van der Waals surface area contributed by atoms with Crippen LogP contribution in [0.25, 0.3) is 0 Å². The minimum absolute atomic E-state index is 0.718. The van der Waals surface area contributed by atoms with Gasteiger partial charge in [0.2, 0.25) is 0 Å².